The second-order valence-electron chi connectivity index (χ2n) is 7.23. The molecule has 0 bridgehead atoms. The molecule has 0 spiro atoms. The van der Waals surface area contributed by atoms with Gasteiger partial charge in [0.15, 0.2) is 0 Å². The number of aryl methyl sites for hydroxylation is 1. The molecular weight excluding hydrogens is 362 g/mol. The monoisotopic (exact) mass is 387 g/mol. The number of piperazine rings is 1. The second kappa shape index (κ2) is 7.82. The average molecular weight is 388 g/mol. The van der Waals surface area contributed by atoms with E-state index in [9.17, 15) is 9.59 Å². The predicted molar refractivity (Wildman–Crippen MR) is 104 cm³/mol. The fourth-order valence-corrected chi connectivity index (χ4v) is 4.34. The van der Waals surface area contributed by atoms with E-state index >= 15 is 0 Å². The van der Waals surface area contributed by atoms with Crippen molar-refractivity contribution < 1.29 is 9.59 Å². The van der Waals surface area contributed by atoms with Crippen LogP contribution in [-0.2, 0) is 6.54 Å². The Kier molecular flexibility index (Phi) is 5.27. The molecule has 4 heterocycles. The predicted octanol–water partition coefficient (Wildman–Crippen LogP) is 1.97. The third kappa shape index (κ3) is 4.06. The van der Waals surface area contributed by atoms with Gasteiger partial charge in [0.1, 0.15) is 5.69 Å². The molecule has 27 heavy (non-hydrogen) atoms. The van der Waals surface area contributed by atoms with Crippen molar-refractivity contribution in [2.45, 2.75) is 26.3 Å². The topological polar surface area (TPSA) is 72.5 Å². The van der Waals surface area contributed by atoms with Crippen LogP contribution in [0.1, 0.15) is 44.4 Å². The molecule has 144 valence electrons. The molecule has 0 saturated carbocycles. The molecule has 2 amide bonds. The van der Waals surface area contributed by atoms with Crippen molar-refractivity contribution in [3.05, 3.63) is 39.6 Å². The summed E-state index contributed by atoms with van der Waals surface area (Å²) in [7, 11) is 0. The largest absolute Gasteiger partial charge is 0.356 e. The molecule has 2 aromatic rings. The first kappa shape index (κ1) is 18.2. The van der Waals surface area contributed by atoms with E-state index in [1.807, 2.05) is 16.7 Å². The van der Waals surface area contributed by atoms with E-state index in [1.54, 1.807) is 23.6 Å². The number of nitrogens with zero attached hydrogens (tertiary/aromatic N) is 4. The second-order valence-corrected chi connectivity index (χ2v) is 8.29. The molecule has 8 heteroatoms. The lowest BCUT2D eigenvalue weighted by Gasteiger charge is -2.34. The lowest BCUT2D eigenvalue weighted by molar-refractivity contribution is 0.0627. The number of thiazole rings is 1. The highest BCUT2D eigenvalue weighted by atomic mass is 32.1. The minimum absolute atomic E-state index is 0.00382. The van der Waals surface area contributed by atoms with Crippen LogP contribution in [-0.4, -0.2) is 75.8 Å². The Bertz CT molecular complexity index is 816. The van der Waals surface area contributed by atoms with Gasteiger partial charge < -0.3 is 14.8 Å². The Morgan fingerprint density at radius 2 is 1.78 bits per heavy atom. The smallest absolute Gasteiger partial charge is 0.270 e. The molecule has 2 saturated heterocycles. The van der Waals surface area contributed by atoms with Crippen molar-refractivity contribution >= 4 is 23.2 Å². The van der Waals surface area contributed by atoms with Crippen LogP contribution in [0.25, 0.3) is 0 Å². The zero-order valence-electron chi connectivity index (χ0n) is 15.6. The van der Waals surface area contributed by atoms with Gasteiger partial charge in [-0.15, -0.1) is 11.3 Å². The molecule has 2 aliphatic heterocycles. The lowest BCUT2D eigenvalue weighted by Crippen LogP contribution is -2.48. The van der Waals surface area contributed by atoms with E-state index in [4.69, 9.17) is 0 Å². The number of H-pyrrole nitrogens is 1. The maximum absolute atomic E-state index is 12.8. The molecule has 0 atom stereocenters. The first-order valence-corrected chi connectivity index (χ1v) is 10.4. The summed E-state index contributed by atoms with van der Waals surface area (Å²) in [6.07, 6.45) is 3.78. The van der Waals surface area contributed by atoms with Gasteiger partial charge in [-0.1, -0.05) is 0 Å². The molecule has 4 rings (SSSR count). The van der Waals surface area contributed by atoms with E-state index in [0.717, 1.165) is 56.3 Å². The van der Waals surface area contributed by atoms with Gasteiger partial charge in [-0.25, -0.2) is 4.98 Å². The summed E-state index contributed by atoms with van der Waals surface area (Å²) in [5.41, 5.74) is 2.19. The van der Waals surface area contributed by atoms with Gasteiger partial charge in [-0.3, -0.25) is 14.5 Å². The van der Waals surface area contributed by atoms with Crippen molar-refractivity contribution in [1.29, 1.82) is 0 Å². The number of rotatable bonds is 4. The molecular formula is C19H25N5O2S. The zero-order chi connectivity index (χ0) is 18.8. The Morgan fingerprint density at radius 1 is 1.07 bits per heavy atom. The standard InChI is InChI=1S/C19H25N5O2S/c1-14-21-16(13-27-14)12-22-6-8-24(9-7-22)18(25)15-10-17(20-11-15)19(26)23-4-2-3-5-23/h10-11,13,20H,2-9,12H2,1H3. The van der Waals surface area contributed by atoms with Crippen LogP contribution in [0.3, 0.4) is 0 Å². The number of aromatic amines is 1. The van der Waals surface area contributed by atoms with E-state index in [2.05, 4.69) is 20.2 Å². The normalized spacial score (nSPS) is 18.3. The number of amides is 2. The van der Waals surface area contributed by atoms with E-state index in [1.165, 1.54) is 0 Å². The minimum Gasteiger partial charge on any atom is -0.356 e. The van der Waals surface area contributed by atoms with Crippen LogP contribution in [0.2, 0.25) is 0 Å². The number of carbonyl (C=O) groups excluding carboxylic acids is 2. The first-order valence-electron chi connectivity index (χ1n) is 9.50. The Hall–Kier alpha value is -2.19. The van der Waals surface area contributed by atoms with E-state index in [0.29, 0.717) is 24.3 Å². The number of nitrogens with one attached hydrogen (secondary N) is 1. The number of aromatic nitrogens is 2. The van der Waals surface area contributed by atoms with Crippen LogP contribution >= 0.6 is 11.3 Å². The Labute approximate surface area is 163 Å². The van der Waals surface area contributed by atoms with Gasteiger partial charge in [0.2, 0.25) is 0 Å². The zero-order valence-corrected chi connectivity index (χ0v) is 16.4. The van der Waals surface area contributed by atoms with Crippen LogP contribution in [0.4, 0.5) is 0 Å². The van der Waals surface area contributed by atoms with Crippen molar-refractivity contribution in [1.82, 2.24) is 24.7 Å². The molecule has 2 aliphatic rings. The maximum atomic E-state index is 12.8. The summed E-state index contributed by atoms with van der Waals surface area (Å²) >= 11 is 1.67. The van der Waals surface area contributed by atoms with Gasteiger partial charge >= 0.3 is 0 Å². The first-order chi connectivity index (χ1) is 13.1. The molecule has 2 aromatic heterocycles. The van der Waals surface area contributed by atoms with Crippen LogP contribution in [0.5, 0.6) is 0 Å². The van der Waals surface area contributed by atoms with Gasteiger partial charge in [-0.05, 0) is 25.8 Å². The molecule has 0 unspecified atom stereocenters. The molecule has 7 nitrogen and oxygen atoms in total. The molecule has 0 aliphatic carbocycles. The van der Waals surface area contributed by atoms with Crippen LogP contribution in [0, 0.1) is 6.92 Å². The fourth-order valence-electron chi connectivity index (χ4n) is 3.73. The molecule has 0 radical (unpaired) electrons. The average Bonchev–Trinajstić information content (AvgIpc) is 3.43. The van der Waals surface area contributed by atoms with Crippen LogP contribution < -0.4 is 0 Å². The van der Waals surface area contributed by atoms with Gasteiger partial charge in [0.05, 0.1) is 16.3 Å². The molecule has 0 aromatic carbocycles. The summed E-state index contributed by atoms with van der Waals surface area (Å²) in [6.45, 7) is 7.54. The highest BCUT2D eigenvalue weighted by Crippen LogP contribution is 2.16. The van der Waals surface area contributed by atoms with Crippen molar-refractivity contribution in [3.8, 4) is 0 Å². The number of hydrogen-bond donors (Lipinski definition) is 1. The minimum atomic E-state index is -0.00470. The summed E-state index contributed by atoms with van der Waals surface area (Å²) in [5, 5.41) is 3.19. The van der Waals surface area contributed by atoms with Crippen molar-refractivity contribution in [2.24, 2.45) is 0 Å². The Balaban J connectivity index is 1.32. The van der Waals surface area contributed by atoms with Crippen molar-refractivity contribution in [2.75, 3.05) is 39.3 Å². The Morgan fingerprint density at radius 3 is 2.44 bits per heavy atom. The van der Waals surface area contributed by atoms with Crippen LogP contribution in [0.15, 0.2) is 17.6 Å². The summed E-state index contributed by atoms with van der Waals surface area (Å²) in [4.78, 5) is 38.8. The quantitative estimate of drug-likeness (QED) is 0.871. The highest BCUT2D eigenvalue weighted by molar-refractivity contribution is 7.09. The summed E-state index contributed by atoms with van der Waals surface area (Å²) < 4.78 is 0. The maximum Gasteiger partial charge on any atom is 0.270 e. The number of hydrogen-bond acceptors (Lipinski definition) is 5. The molecule has 2 fully saturated rings. The van der Waals surface area contributed by atoms with Gasteiger partial charge in [0, 0.05) is 57.4 Å². The van der Waals surface area contributed by atoms with E-state index in [-0.39, 0.29) is 11.8 Å². The summed E-state index contributed by atoms with van der Waals surface area (Å²) in [5.74, 6) is -0.00852. The summed E-state index contributed by atoms with van der Waals surface area (Å²) in [6, 6.07) is 1.70. The fraction of sp³-hybridized carbons (Fsp3) is 0.526. The number of carbonyl (C=O) groups is 2. The third-order valence-electron chi connectivity index (χ3n) is 5.27. The highest BCUT2D eigenvalue weighted by Gasteiger charge is 2.25. The van der Waals surface area contributed by atoms with Gasteiger partial charge in [0.25, 0.3) is 11.8 Å². The van der Waals surface area contributed by atoms with Gasteiger partial charge in [-0.2, -0.15) is 0 Å². The SMILES string of the molecule is Cc1nc(CN2CCN(C(=O)c3c[nH]c(C(=O)N4CCCC4)c3)CC2)cs1. The van der Waals surface area contributed by atoms with Crippen molar-refractivity contribution in [3.63, 3.8) is 0 Å². The molecule has 1 N–H and O–H groups in total. The number of likely N-dealkylation sites (tertiary alicyclic amines) is 1. The third-order valence-corrected chi connectivity index (χ3v) is 6.09. The van der Waals surface area contributed by atoms with E-state index < -0.39 is 0 Å². The lowest BCUT2D eigenvalue weighted by atomic mass is 10.2.